The third-order valence-electron chi connectivity index (χ3n) is 5.49. The third kappa shape index (κ3) is 4.17. The number of para-hydroxylation sites is 1. The van der Waals surface area contributed by atoms with Gasteiger partial charge in [0.05, 0.1) is 5.56 Å². The highest BCUT2D eigenvalue weighted by atomic mass is 19.4. The maximum absolute atomic E-state index is 12.8. The van der Waals surface area contributed by atoms with Gasteiger partial charge in [0.25, 0.3) is 5.56 Å². The Hall–Kier alpha value is -3.80. The van der Waals surface area contributed by atoms with Crippen LogP contribution in [0.1, 0.15) is 16.8 Å². The smallest absolute Gasteiger partial charge is 0.367 e. The summed E-state index contributed by atoms with van der Waals surface area (Å²) in [6.07, 6.45) is -3.55. The van der Waals surface area contributed by atoms with Gasteiger partial charge in [-0.2, -0.15) is 18.4 Å². The Morgan fingerprint density at radius 1 is 1.03 bits per heavy atom. The van der Waals surface area contributed by atoms with E-state index in [1.807, 2.05) is 35.2 Å². The Labute approximate surface area is 182 Å². The van der Waals surface area contributed by atoms with Crippen LogP contribution in [0.15, 0.2) is 53.5 Å². The number of piperazine rings is 1. The van der Waals surface area contributed by atoms with E-state index >= 15 is 0 Å². The van der Waals surface area contributed by atoms with Gasteiger partial charge in [-0.05, 0) is 31.2 Å². The lowest BCUT2D eigenvalue weighted by molar-refractivity contribution is -0.137. The second kappa shape index (κ2) is 8.38. The Bertz CT molecular complexity index is 1220. The van der Waals surface area contributed by atoms with Gasteiger partial charge in [0.2, 0.25) is 0 Å². The number of aromatic nitrogens is 2. The zero-order chi connectivity index (χ0) is 22.9. The number of nitriles is 1. The van der Waals surface area contributed by atoms with Gasteiger partial charge in [0.15, 0.2) is 0 Å². The van der Waals surface area contributed by atoms with Crippen LogP contribution in [0.25, 0.3) is 11.1 Å². The molecule has 0 unspecified atom stereocenters. The molecular formula is C23H20F3N5O. The summed E-state index contributed by atoms with van der Waals surface area (Å²) in [7, 11) is 0. The maximum atomic E-state index is 12.8. The van der Waals surface area contributed by atoms with E-state index in [9.17, 15) is 23.2 Å². The van der Waals surface area contributed by atoms with Gasteiger partial charge in [-0.1, -0.05) is 18.2 Å². The monoisotopic (exact) mass is 439 g/mol. The lowest BCUT2D eigenvalue weighted by atomic mass is 9.98. The van der Waals surface area contributed by atoms with Gasteiger partial charge in [0, 0.05) is 54.9 Å². The van der Waals surface area contributed by atoms with Crippen LogP contribution < -0.4 is 15.4 Å². The van der Waals surface area contributed by atoms with Crippen molar-refractivity contribution in [1.29, 1.82) is 5.26 Å². The number of alkyl halides is 3. The number of rotatable bonds is 3. The topological polar surface area (TPSA) is 76.0 Å². The van der Waals surface area contributed by atoms with Crippen molar-refractivity contribution in [3.8, 4) is 17.2 Å². The highest BCUT2D eigenvalue weighted by Crippen LogP contribution is 2.33. The molecule has 0 radical (unpaired) electrons. The maximum Gasteiger partial charge on any atom is 0.417 e. The summed E-state index contributed by atoms with van der Waals surface area (Å²) >= 11 is 0. The molecule has 3 aromatic rings. The Morgan fingerprint density at radius 3 is 2.34 bits per heavy atom. The number of hydrogen-bond donors (Lipinski definition) is 1. The quantitative estimate of drug-likeness (QED) is 0.669. The Morgan fingerprint density at radius 2 is 1.72 bits per heavy atom. The Kier molecular flexibility index (Phi) is 5.61. The summed E-state index contributed by atoms with van der Waals surface area (Å²) in [4.78, 5) is 23.0. The molecule has 1 N–H and O–H groups in total. The normalized spacial score (nSPS) is 14.3. The molecule has 0 spiro atoms. The summed E-state index contributed by atoms with van der Waals surface area (Å²) in [5.74, 6) is 0.503. The van der Waals surface area contributed by atoms with Crippen LogP contribution in [0.2, 0.25) is 0 Å². The summed E-state index contributed by atoms with van der Waals surface area (Å²) < 4.78 is 38.3. The zero-order valence-corrected chi connectivity index (χ0v) is 17.3. The fourth-order valence-corrected chi connectivity index (χ4v) is 3.91. The van der Waals surface area contributed by atoms with Gasteiger partial charge in [-0.25, -0.2) is 4.98 Å². The van der Waals surface area contributed by atoms with Crippen molar-refractivity contribution in [1.82, 2.24) is 9.97 Å². The molecule has 0 saturated carbocycles. The number of anilines is 2. The lowest BCUT2D eigenvalue weighted by Crippen LogP contribution is -2.47. The predicted octanol–water partition coefficient (Wildman–Crippen LogP) is 3.96. The van der Waals surface area contributed by atoms with Gasteiger partial charge >= 0.3 is 6.18 Å². The van der Waals surface area contributed by atoms with Crippen LogP contribution in [-0.2, 0) is 6.18 Å². The SMILES string of the molecule is Cc1cc(-c2ccccc2N2CCN(c3ccc(C(F)(F)F)cn3)CC2)c(C#N)c(=O)[nH]1. The van der Waals surface area contributed by atoms with Gasteiger partial charge in [0.1, 0.15) is 17.5 Å². The number of pyridine rings is 2. The summed E-state index contributed by atoms with van der Waals surface area (Å²) in [5.41, 5.74) is 1.81. The van der Waals surface area contributed by atoms with E-state index in [4.69, 9.17) is 0 Å². The predicted molar refractivity (Wildman–Crippen MR) is 116 cm³/mol. The molecule has 2 aromatic heterocycles. The summed E-state index contributed by atoms with van der Waals surface area (Å²) in [6.45, 7) is 4.15. The van der Waals surface area contributed by atoms with E-state index in [2.05, 4.69) is 14.9 Å². The second-order valence-corrected chi connectivity index (χ2v) is 7.58. The minimum absolute atomic E-state index is 0.0654. The van der Waals surface area contributed by atoms with Crippen molar-refractivity contribution >= 4 is 11.5 Å². The number of H-pyrrole nitrogens is 1. The first-order valence-electron chi connectivity index (χ1n) is 10.0. The molecule has 1 saturated heterocycles. The molecule has 0 amide bonds. The van der Waals surface area contributed by atoms with Crippen molar-refractivity contribution in [3.63, 3.8) is 0 Å². The first-order chi connectivity index (χ1) is 15.3. The molecule has 32 heavy (non-hydrogen) atoms. The average Bonchev–Trinajstić information content (AvgIpc) is 2.78. The number of halogens is 3. The van der Waals surface area contributed by atoms with E-state index in [0.717, 1.165) is 23.5 Å². The largest absolute Gasteiger partial charge is 0.417 e. The fourth-order valence-electron chi connectivity index (χ4n) is 3.91. The van der Waals surface area contributed by atoms with Crippen LogP contribution in [0, 0.1) is 18.3 Å². The van der Waals surface area contributed by atoms with Gasteiger partial charge in [-0.15, -0.1) is 0 Å². The van der Waals surface area contributed by atoms with E-state index in [0.29, 0.717) is 43.3 Å². The molecule has 1 aliphatic rings. The number of hydrogen-bond acceptors (Lipinski definition) is 5. The second-order valence-electron chi connectivity index (χ2n) is 7.58. The molecular weight excluding hydrogens is 419 g/mol. The molecule has 164 valence electrons. The highest BCUT2D eigenvalue weighted by Gasteiger charge is 2.31. The van der Waals surface area contributed by atoms with Crippen molar-refractivity contribution in [3.05, 3.63) is 75.8 Å². The van der Waals surface area contributed by atoms with E-state index < -0.39 is 17.3 Å². The molecule has 1 aromatic carbocycles. The van der Waals surface area contributed by atoms with Crippen LogP contribution in [0.3, 0.4) is 0 Å². The number of nitrogens with zero attached hydrogens (tertiary/aromatic N) is 4. The minimum atomic E-state index is -4.41. The number of aromatic amines is 1. The Balaban J connectivity index is 1.57. The van der Waals surface area contributed by atoms with Gasteiger partial charge < -0.3 is 14.8 Å². The molecule has 9 heteroatoms. The molecule has 4 rings (SSSR count). The third-order valence-corrected chi connectivity index (χ3v) is 5.49. The number of nitrogens with one attached hydrogen (secondary N) is 1. The molecule has 0 bridgehead atoms. The number of benzene rings is 1. The minimum Gasteiger partial charge on any atom is -0.367 e. The average molecular weight is 439 g/mol. The lowest BCUT2D eigenvalue weighted by Gasteiger charge is -2.37. The first-order valence-corrected chi connectivity index (χ1v) is 10.0. The number of aryl methyl sites for hydroxylation is 1. The zero-order valence-electron chi connectivity index (χ0n) is 17.3. The van der Waals surface area contributed by atoms with E-state index in [-0.39, 0.29) is 5.56 Å². The molecule has 1 aliphatic heterocycles. The highest BCUT2D eigenvalue weighted by molar-refractivity contribution is 5.82. The van der Waals surface area contributed by atoms with E-state index in [1.165, 1.54) is 6.07 Å². The van der Waals surface area contributed by atoms with Crippen LogP contribution >= 0.6 is 0 Å². The standard InChI is InChI=1S/C23H20F3N5O/c1-15-12-18(19(13-27)22(32)29-15)17-4-2-3-5-20(17)30-8-10-31(11-9-30)21-7-6-16(14-28-21)23(24,25)26/h2-7,12,14H,8-11H2,1H3,(H,29,32). The summed E-state index contributed by atoms with van der Waals surface area (Å²) in [5, 5.41) is 9.52. The van der Waals surface area contributed by atoms with Gasteiger partial charge in [-0.3, -0.25) is 4.79 Å². The van der Waals surface area contributed by atoms with Crippen molar-refractivity contribution in [2.24, 2.45) is 0 Å². The van der Waals surface area contributed by atoms with Crippen molar-refractivity contribution in [2.75, 3.05) is 36.0 Å². The molecule has 3 heterocycles. The van der Waals surface area contributed by atoms with Crippen LogP contribution in [0.4, 0.5) is 24.7 Å². The molecule has 0 aliphatic carbocycles. The summed E-state index contributed by atoms with van der Waals surface area (Å²) in [6, 6.07) is 13.8. The molecule has 1 fully saturated rings. The molecule has 0 atom stereocenters. The van der Waals surface area contributed by atoms with E-state index in [1.54, 1.807) is 13.0 Å². The fraction of sp³-hybridized carbons (Fsp3) is 0.261. The van der Waals surface area contributed by atoms with Crippen molar-refractivity contribution in [2.45, 2.75) is 13.1 Å². The molecule has 6 nitrogen and oxygen atoms in total. The van der Waals surface area contributed by atoms with Crippen molar-refractivity contribution < 1.29 is 13.2 Å². The van der Waals surface area contributed by atoms with Crippen LogP contribution in [-0.4, -0.2) is 36.1 Å². The van der Waals surface area contributed by atoms with Crippen LogP contribution in [0.5, 0.6) is 0 Å². The first kappa shape index (κ1) is 21.4.